The first-order chi connectivity index (χ1) is 7.19. The van der Waals surface area contributed by atoms with Crippen molar-refractivity contribution in [1.29, 1.82) is 0 Å². The van der Waals surface area contributed by atoms with Crippen molar-refractivity contribution >= 4 is 11.6 Å². The number of terminal acetylenes is 1. The minimum atomic E-state index is -0.209. The minimum absolute atomic E-state index is 0.0675. The summed E-state index contributed by atoms with van der Waals surface area (Å²) in [6, 6.07) is 4.53. The molecule has 1 aromatic rings. The van der Waals surface area contributed by atoms with Crippen molar-refractivity contribution in [3.63, 3.8) is 0 Å². The molecule has 1 rings (SSSR count). The van der Waals surface area contributed by atoms with E-state index in [9.17, 15) is 9.90 Å². The zero-order valence-electron chi connectivity index (χ0n) is 8.37. The third-order valence-corrected chi connectivity index (χ3v) is 1.87. The van der Waals surface area contributed by atoms with Crippen LogP contribution in [0.3, 0.4) is 0 Å². The van der Waals surface area contributed by atoms with Gasteiger partial charge in [-0.25, -0.2) is 0 Å². The summed E-state index contributed by atoms with van der Waals surface area (Å²) < 4.78 is 0. The van der Waals surface area contributed by atoms with Crippen LogP contribution >= 0.6 is 0 Å². The van der Waals surface area contributed by atoms with Gasteiger partial charge in [-0.3, -0.25) is 4.79 Å². The Kier molecular flexibility index (Phi) is 3.58. The molecule has 0 atom stereocenters. The maximum atomic E-state index is 11.3. The fraction of sp³-hybridized carbons (Fsp3) is 0.182. The van der Waals surface area contributed by atoms with E-state index in [0.29, 0.717) is 17.8 Å². The Balaban J connectivity index is 2.95. The Hall–Kier alpha value is -2.15. The van der Waals surface area contributed by atoms with E-state index >= 15 is 0 Å². The molecule has 0 aromatic heterocycles. The van der Waals surface area contributed by atoms with E-state index in [1.54, 1.807) is 13.1 Å². The van der Waals surface area contributed by atoms with Gasteiger partial charge in [0, 0.05) is 12.6 Å². The number of carbonyl (C=O) groups is 1. The van der Waals surface area contributed by atoms with E-state index in [-0.39, 0.29) is 11.7 Å². The van der Waals surface area contributed by atoms with Gasteiger partial charge in [0.1, 0.15) is 5.75 Å². The molecule has 0 saturated heterocycles. The number of rotatable bonds is 3. The lowest BCUT2D eigenvalue weighted by Crippen LogP contribution is -2.17. The number of hydrogen-bond donors (Lipinski definition) is 3. The number of aromatic hydroxyl groups is 1. The highest BCUT2D eigenvalue weighted by atomic mass is 16.3. The van der Waals surface area contributed by atoms with Gasteiger partial charge in [0.05, 0.1) is 12.2 Å². The van der Waals surface area contributed by atoms with Crippen LogP contribution in [0.25, 0.3) is 0 Å². The topological polar surface area (TPSA) is 61.4 Å². The van der Waals surface area contributed by atoms with Gasteiger partial charge in [-0.1, -0.05) is 5.92 Å². The molecule has 0 bridgehead atoms. The third kappa shape index (κ3) is 2.64. The van der Waals surface area contributed by atoms with Gasteiger partial charge in [0.25, 0.3) is 5.91 Å². The minimum Gasteiger partial charge on any atom is -0.506 e. The van der Waals surface area contributed by atoms with Gasteiger partial charge >= 0.3 is 0 Å². The number of phenols is 1. The summed E-state index contributed by atoms with van der Waals surface area (Å²) in [6.07, 6.45) is 5.08. The Morgan fingerprint density at radius 2 is 2.33 bits per heavy atom. The van der Waals surface area contributed by atoms with Crippen LogP contribution < -0.4 is 10.6 Å². The summed E-state index contributed by atoms with van der Waals surface area (Å²) in [4.78, 5) is 11.3. The van der Waals surface area contributed by atoms with Gasteiger partial charge in [-0.05, 0) is 18.2 Å². The molecule has 0 aliphatic rings. The van der Waals surface area contributed by atoms with Crippen molar-refractivity contribution in [3.8, 4) is 18.1 Å². The van der Waals surface area contributed by atoms with Crippen LogP contribution in [0.15, 0.2) is 18.2 Å². The highest BCUT2D eigenvalue weighted by Crippen LogP contribution is 2.23. The number of amides is 1. The average Bonchev–Trinajstić information content (AvgIpc) is 2.27. The normalized spacial score (nSPS) is 9.07. The van der Waals surface area contributed by atoms with E-state index in [0.717, 1.165) is 0 Å². The molecular formula is C11H12N2O2. The highest BCUT2D eigenvalue weighted by Gasteiger charge is 2.06. The van der Waals surface area contributed by atoms with Crippen molar-refractivity contribution < 1.29 is 9.90 Å². The van der Waals surface area contributed by atoms with Gasteiger partial charge in [0.15, 0.2) is 0 Å². The van der Waals surface area contributed by atoms with Crippen LogP contribution in [0.2, 0.25) is 0 Å². The maximum Gasteiger partial charge on any atom is 0.251 e. The summed E-state index contributed by atoms with van der Waals surface area (Å²) in [6.45, 7) is 0.296. The lowest BCUT2D eigenvalue weighted by molar-refractivity contribution is 0.0963. The molecule has 0 unspecified atom stereocenters. The lowest BCUT2D eigenvalue weighted by atomic mass is 10.1. The van der Waals surface area contributed by atoms with Gasteiger partial charge in [-0.2, -0.15) is 0 Å². The van der Waals surface area contributed by atoms with Gasteiger partial charge < -0.3 is 15.7 Å². The Labute approximate surface area is 88.3 Å². The van der Waals surface area contributed by atoms with Crippen molar-refractivity contribution in [1.82, 2.24) is 5.32 Å². The molecule has 0 spiro atoms. The Bertz CT molecular complexity index is 408. The van der Waals surface area contributed by atoms with Crippen LogP contribution in [-0.2, 0) is 0 Å². The van der Waals surface area contributed by atoms with E-state index in [2.05, 4.69) is 16.6 Å². The maximum absolute atomic E-state index is 11.3. The van der Waals surface area contributed by atoms with E-state index in [1.165, 1.54) is 12.1 Å². The third-order valence-electron chi connectivity index (χ3n) is 1.87. The Morgan fingerprint density at radius 3 is 2.93 bits per heavy atom. The second-order valence-corrected chi connectivity index (χ2v) is 2.87. The van der Waals surface area contributed by atoms with Gasteiger partial charge in [-0.15, -0.1) is 6.42 Å². The Morgan fingerprint density at radius 1 is 1.60 bits per heavy atom. The number of phenolic OH excluding ortho intramolecular Hbond substituents is 1. The number of carbonyl (C=O) groups excluding carboxylic acids is 1. The number of nitrogens with one attached hydrogen (secondary N) is 2. The van der Waals surface area contributed by atoms with Crippen molar-refractivity contribution in [2.24, 2.45) is 0 Å². The molecule has 0 aliphatic heterocycles. The van der Waals surface area contributed by atoms with Crippen LogP contribution in [0.4, 0.5) is 5.69 Å². The molecule has 1 amide bonds. The summed E-state index contributed by atoms with van der Waals surface area (Å²) in [7, 11) is 1.55. The fourth-order valence-electron chi connectivity index (χ4n) is 1.11. The first-order valence-corrected chi connectivity index (χ1v) is 4.41. The molecule has 1 aromatic carbocycles. The predicted octanol–water partition coefficient (Wildman–Crippen LogP) is 0.797. The molecular weight excluding hydrogens is 192 g/mol. The van der Waals surface area contributed by atoms with E-state index < -0.39 is 0 Å². The number of benzene rings is 1. The van der Waals surface area contributed by atoms with Crippen LogP contribution in [0, 0.1) is 12.3 Å². The summed E-state index contributed by atoms with van der Waals surface area (Å²) in [5, 5.41) is 14.8. The first kappa shape index (κ1) is 10.9. The quantitative estimate of drug-likeness (QED) is 0.504. The fourth-order valence-corrected chi connectivity index (χ4v) is 1.11. The van der Waals surface area contributed by atoms with E-state index in [1.807, 2.05) is 0 Å². The van der Waals surface area contributed by atoms with Gasteiger partial charge in [0.2, 0.25) is 0 Å². The predicted molar refractivity (Wildman–Crippen MR) is 58.8 cm³/mol. The largest absolute Gasteiger partial charge is 0.506 e. The number of anilines is 1. The molecule has 78 valence electrons. The zero-order valence-corrected chi connectivity index (χ0v) is 8.37. The number of hydrogen-bond acceptors (Lipinski definition) is 3. The van der Waals surface area contributed by atoms with E-state index in [4.69, 9.17) is 6.42 Å². The molecule has 0 aliphatic carbocycles. The molecule has 4 nitrogen and oxygen atoms in total. The van der Waals surface area contributed by atoms with Crippen molar-refractivity contribution in [3.05, 3.63) is 23.8 Å². The summed E-state index contributed by atoms with van der Waals surface area (Å²) >= 11 is 0. The summed E-state index contributed by atoms with van der Waals surface area (Å²) in [5.41, 5.74) is 0.920. The monoisotopic (exact) mass is 204 g/mol. The molecule has 15 heavy (non-hydrogen) atoms. The molecule has 0 saturated carbocycles. The lowest BCUT2D eigenvalue weighted by Gasteiger charge is -2.07. The van der Waals surface area contributed by atoms with Crippen LogP contribution in [0.1, 0.15) is 10.4 Å². The standard InChI is InChI=1S/C11H12N2O2/c1-3-6-13-9-7-8(11(15)12-2)4-5-10(9)14/h1,4-5,7,13-14H,6H2,2H3,(H,12,15). The zero-order chi connectivity index (χ0) is 11.3. The van der Waals surface area contributed by atoms with Crippen molar-refractivity contribution in [2.45, 2.75) is 0 Å². The SMILES string of the molecule is C#CCNc1cc(C(=O)NC)ccc1O. The molecule has 0 heterocycles. The highest BCUT2D eigenvalue weighted by molar-refractivity contribution is 5.95. The second kappa shape index (κ2) is 4.91. The molecule has 4 heteroatoms. The second-order valence-electron chi connectivity index (χ2n) is 2.87. The average molecular weight is 204 g/mol. The summed E-state index contributed by atoms with van der Waals surface area (Å²) in [5.74, 6) is 2.24. The van der Waals surface area contributed by atoms with Crippen molar-refractivity contribution in [2.75, 3.05) is 18.9 Å². The molecule has 3 N–H and O–H groups in total. The van der Waals surface area contributed by atoms with Crippen LogP contribution in [-0.4, -0.2) is 24.6 Å². The first-order valence-electron chi connectivity index (χ1n) is 4.41. The smallest absolute Gasteiger partial charge is 0.251 e. The molecule has 0 radical (unpaired) electrons. The molecule has 0 fully saturated rings. The van der Waals surface area contributed by atoms with Crippen LogP contribution in [0.5, 0.6) is 5.75 Å².